The van der Waals surface area contributed by atoms with Crippen molar-refractivity contribution in [3.05, 3.63) is 47.0 Å². The van der Waals surface area contributed by atoms with Crippen molar-refractivity contribution >= 4 is 0 Å². The molecule has 2 aliphatic carbocycles. The summed E-state index contributed by atoms with van der Waals surface area (Å²) in [7, 11) is 0. The summed E-state index contributed by atoms with van der Waals surface area (Å²) in [6.07, 6.45) is 16.1. The fraction of sp³-hybridized carbons (Fsp3) is 0.652. The van der Waals surface area contributed by atoms with E-state index in [1.165, 1.54) is 44.9 Å². The van der Waals surface area contributed by atoms with Gasteiger partial charge in [-0.2, -0.15) is 0 Å². The van der Waals surface area contributed by atoms with Crippen molar-refractivity contribution in [1.82, 2.24) is 0 Å². The smallest absolute Gasteiger partial charge is 0.162 e. The van der Waals surface area contributed by atoms with Gasteiger partial charge in [0.15, 0.2) is 11.6 Å². The van der Waals surface area contributed by atoms with Crippen LogP contribution in [0.5, 0.6) is 0 Å². The molecule has 0 nitrogen and oxygen atoms in total. The molecule has 2 unspecified atom stereocenters. The zero-order valence-corrected chi connectivity index (χ0v) is 15.7. The molecule has 1 aromatic carbocycles. The maximum atomic E-state index is 14.2. The number of hydrogen-bond acceptors (Lipinski definition) is 0. The van der Waals surface area contributed by atoms with Crippen LogP contribution in [0, 0.1) is 36.3 Å². The Balaban J connectivity index is 1.57. The van der Waals surface area contributed by atoms with Crippen molar-refractivity contribution in [2.75, 3.05) is 0 Å². The van der Waals surface area contributed by atoms with Gasteiger partial charge in [-0.05, 0) is 61.5 Å². The van der Waals surface area contributed by atoms with Gasteiger partial charge in [0.2, 0.25) is 0 Å². The van der Waals surface area contributed by atoms with Gasteiger partial charge in [0.1, 0.15) is 0 Å². The van der Waals surface area contributed by atoms with Crippen molar-refractivity contribution < 1.29 is 8.78 Å². The van der Waals surface area contributed by atoms with Crippen LogP contribution in [0.3, 0.4) is 0 Å². The highest BCUT2D eigenvalue weighted by molar-refractivity contribution is 5.31. The molecule has 3 rings (SSSR count). The zero-order chi connectivity index (χ0) is 17.8. The number of allylic oxidation sites excluding steroid dienone is 2. The second kappa shape index (κ2) is 8.47. The van der Waals surface area contributed by atoms with Crippen molar-refractivity contribution in [2.45, 2.75) is 77.6 Å². The van der Waals surface area contributed by atoms with Gasteiger partial charge < -0.3 is 0 Å². The first-order valence-electron chi connectivity index (χ1n) is 10.2. The Morgan fingerprint density at radius 1 is 0.920 bits per heavy atom. The topological polar surface area (TPSA) is 0 Å². The molecular weight excluding hydrogens is 314 g/mol. The summed E-state index contributed by atoms with van der Waals surface area (Å²) in [4.78, 5) is 0. The van der Waals surface area contributed by atoms with Gasteiger partial charge in [-0.15, -0.1) is 0 Å². The summed E-state index contributed by atoms with van der Waals surface area (Å²) >= 11 is 0. The van der Waals surface area contributed by atoms with E-state index >= 15 is 0 Å². The molecule has 1 aromatic rings. The Kier molecular flexibility index (Phi) is 6.30. The predicted molar refractivity (Wildman–Crippen MR) is 101 cm³/mol. The lowest BCUT2D eigenvalue weighted by Gasteiger charge is -2.35. The fourth-order valence-electron chi connectivity index (χ4n) is 4.84. The predicted octanol–water partition coefficient (Wildman–Crippen LogP) is 7.32. The van der Waals surface area contributed by atoms with Crippen molar-refractivity contribution in [1.29, 1.82) is 0 Å². The van der Waals surface area contributed by atoms with E-state index in [1.807, 2.05) is 0 Å². The van der Waals surface area contributed by atoms with E-state index in [9.17, 15) is 8.78 Å². The quantitative estimate of drug-likeness (QED) is 0.490. The average Bonchev–Trinajstić information content (AvgIpc) is 2.65. The molecule has 0 aromatic heterocycles. The summed E-state index contributed by atoms with van der Waals surface area (Å²) in [6, 6.07) is 3.47. The third-order valence-corrected chi connectivity index (χ3v) is 6.57. The minimum Gasteiger partial charge on any atom is -0.203 e. The summed E-state index contributed by atoms with van der Waals surface area (Å²) in [5.74, 6) is 1.09. The molecule has 0 bridgehead atoms. The molecule has 2 atom stereocenters. The van der Waals surface area contributed by atoms with Crippen LogP contribution >= 0.6 is 0 Å². The highest BCUT2D eigenvalue weighted by Gasteiger charge is 2.29. The second-order valence-electron chi connectivity index (χ2n) is 8.26. The van der Waals surface area contributed by atoms with Gasteiger partial charge in [-0.3, -0.25) is 0 Å². The molecule has 138 valence electrons. The van der Waals surface area contributed by atoms with E-state index in [1.54, 1.807) is 19.1 Å². The van der Waals surface area contributed by atoms with Gasteiger partial charge in [0.25, 0.3) is 0 Å². The SMILES string of the molecule is CCCCC1CCC(C2C=CC(c3ccc(C)c(F)c3F)CC2)CC1. The van der Waals surface area contributed by atoms with E-state index < -0.39 is 11.6 Å². The van der Waals surface area contributed by atoms with Gasteiger partial charge >= 0.3 is 0 Å². The van der Waals surface area contributed by atoms with Crippen LogP contribution in [0.1, 0.15) is 81.8 Å². The minimum absolute atomic E-state index is 0.0345. The standard InChI is InChI=1S/C23H32F2/c1-3-4-5-17-7-9-18(10-8-17)19-11-13-20(14-12-19)21-15-6-16(2)22(24)23(21)25/h6,11,13,15,17-20H,3-5,7-10,12,14H2,1-2H3. The summed E-state index contributed by atoms with van der Waals surface area (Å²) in [5.41, 5.74) is 0.917. The van der Waals surface area contributed by atoms with Gasteiger partial charge in [0, 0.05) is 5.92 Å². The van der Waals surface area contributed by atoms with E-state index in [0.29, 0.717) is 17.0 Å². The van der Waals surface area contributed by atoms with E-state index in [0.717, 1.165) is 24.7 Å². The van der Waals surface area contributed by atoms with E-state index in [2.05, 4.69) is 19.1 Å². The van der Waals surface area contributed by atoms with Gasteiger partial charge in [0.05, 0.1) is 0 Å². The second-order valence-corrected chi connectivity index (χ2v) is 8.26. The molecule has 25 heavy (non-hydrogen) atoms. The highest BCUT2D eigenvalue weighted by Crippen LogP contribution is 2.42. The summed E-state index contributed by atoms with van der Waals surface area (Å²) in [5, 5.41) is 0. The number of unbranched alkanes of at least 4 members (excludes halogenated alkanes) is 1. The highest BCUT2D eigenvalue weighted by atomic mass is 19.2. The number of hydrogen-bond donors (Lipinski definition) is 0. The average molecular weight is 347 g/mol. The molecule has 2 heteroatoms. The maximum Gasteiger partial charge on any atom is 0.162 e. The van der Waals surface area contributed by atoms with Crippen molar-refractivity contribution in [3.63, 3.8) is 0 Å². The van der Waals surface area contributed by atoms with Gasteiger partial charge in [-0.1, -0.05) is 63.3 Å². The normalized spacial score (nSPS) is 29.8. The molecule has 0 N–H and O–H groups in total. The third-order valence-electron chi connectivity index (χ3n) is 6.57. The summed E-state index contributed by atoms with van der Waals surface area (Å²) in [6.45, 7) is 3.89. The molecule has 0 saturated heterocycles. The first kappa shape index (κ1) is 18.6. The molecule has 0 spiro atoms. The van der Waals surface area contributed by atoms with Crippen LogP contribution in [0.15, 0.2) is 24.3 Å². The molecule has 1 saturated carbocycles. The number of benzene rings is 1. The Hall–Kier alpha value is -1.18. The Morgan fingerprint density at radius 2 is 1.68 bits per heavy atom. The monoisotopic (exact) mass is 346 g/mol. The number of halogens is 2. The van der Waals surface area contributed by atoms with Crippen LogP contribution < -0.4 is 0 Å². The lowest BCUT2D eigenvalue weighted by Crippen LogP contribution is -2.23. The Bertz CT molecular complexity index is 596. The zero-order valence-electron chi connectivity index (χ0n) is 15.7. The first-order valence-corrected chi connectivity index (χ1v) is 10.2. The van der Waals surface area contributed by atoms with Crippen LogP contribution in [-0.2, 0) is 0 Å². The number of aryl methyl sites for hydroxylation is 1. The van der Waals surface area contributed by atoms with Crippen LogP contribution in [0.2, 0.25) is 0 Å². The molecule has 1 fully saturated rings. The lowest BCUT2D eigenvalue weighted by atomic mass is 9.70. The number of rotatable bonds is 5. The van der Waals surface area contributed by atoms with Crippen LogP contribution in [0.25, 0.3) is 0 Å². The molecule has 0 amide bonds. The lowest BCUT2D eigenvalue weighted by molar-refractivity contribution is 0.207. The van der Waals surface area contributed by atoms with E-state index in [-0.39, 0.29) is 5.92 Å². The maximum absolute atomic E-state index is 14.2. The Morgan fingerprint density at radius 3 is 2.32 bits per heavy atom. The van der Waals surface area contributed by atoms with Crippen molar-refractivity contribution in [3.8, 4) is 0 Å². The first-order chi connectivity index (χ1) is 12.1. The van der Waals surface area contributed by atoms with Crippen LogP contribution in [0.4, 0.5) is 8.78 Å². The molecule has 2 aliphatic rings. The Labute approximate surface area is 151 Å². The molecule has 0 heterocycles. The largest absolute Gasteiger partial charge is 0.203 e. The van der Waals surface area contributed by atoms with Gasteiger partial charge in [-0.25, -0.2) is 8.78 Å². The van der Waals surface area contributed by atoms with Crippen LogP contribution in [-0.4, -0.2) is 0 Å². The summed E-state index contributed by atoms with van der Waals surface area (Å²) < 4.78 is 28.1. The minimum atomic E-state index is -0.682. The van der Waals surface area contributed by atoms with Crippen molar-refractivity contribution in [2.24, 2.45) is 17.8 Å². The molecule has 0 aliphatic heterocycles. The third kappa shape index (κ3) is 4.33. The van der Waals surface area contributed by atoms with E-state index in [4.69, 9.17) is 0 Å². The fourth-order valence-corrected chi connectivity index (χ4v) is 4.84. The molecule has 0 radical (unpaired) electrons. The molecular formula is C23H32F2.